The number of benzene rings is 6. The number of hydrogen-bond donors (Lipinski definition) is 1. The molecular weight excluding hydrogens is 578 g/mol. The Morgan fingerprint density at radius 1 is 0.362 bits per heavy atom. The molecule has 7 aromatic rings. The van der Waals surface area contributed by atoms with Crippen LogP contribution in [0.25, 0.3) is 21.8 Å². The Kier molecular flexibility index (Phi) is 7.26. The summed E-state index contributed by atoms with van der Waals surface area (Å²) in [5.74, 6) is 0. The Balaban J connectivity index is 1.43. The van der Waals surface area contributed by atoms with Crippen LogP contribution in [0.1, 0.15) is 22.3 Å². The van der Waals surface area contributed by atoms with Gasteiger partial charge in [0.15, 0.2) is 0 Å². The molecule has 6 aromatic carbocycles. The molecule has 0 amide bonds. The lowest BCUT2D eigenvalue weighted by atomic mass is 10.1. The van der Waals surface area contributed by atoms with E-state index in [0.717, 1.165) is 55.9 Å². The fraction of sp³-hybridized carbons (Fsp3) is 0. The van der Waals surface area contributed by atoms with Crippen LogP contribution in [-0.2, 0) is 0 Å². The van der Waals surface area contributed by atoms with Crippen LogP contribution in [-0.4, -0.2) is 4.98 Å². The maximum Gasteiger partial charge on any atom is 0.0992 e. The van der Waals surface area contributed by atoms with Crippen molar-refractivity contribution in [3.63, 3.8) is 0 Å². The molecular formula is C40H23N7. The van der Waals surface area contributed by atoms with Crippen LogP contribution in [0.3, 0.4) is 0 Å². The summed E-state index contributed by atoms with van der Waals surface area (Å²) in [6.45, 7) is 0. The van der Waals surface area contributed by atoms with Gasteiger partial charge in [0.1, 0.15) is 0 Å². The van der Waals surface area contributed by atoms with Gasteiger partial charge < -0.3 is 14.8 Å². The van der Waals surface area contributed by atoms with Crippen LogP contribution in [0.5, 0.6) is 0 Å². The lowest BCUT2D eigenvalue weighted by Gasteiger charge is -2.26. The third kappa shape index (κ3) is 5.34. The fourth-order valence-electron chi connectivity index (χ4n) is 5.90. The topological polar surface area (TPSA) is 117 Å². The van der Waals surface area contributed by atoms with Crippen molar-refractivity contribution in [3.05, 3.63) is 156 Å². The molecule has 0 fully saturated rings. The van der Waals surface area contributed by atoms with Gasteiger partial charge in [0.2, 0.25) is 0 Å². The number of nitrogens with one attached hydrogen (secondary N) is 1. The highest BCUT2D eigenvalue weighted by molar-refractivity contribution is 6.10. The van der Waals surface area contributed by atoms with Gasteiger partial charge in [-0.1, -0.05) is 24.3 Å². The van der Waals surface area contributed by atoms with Crippen molar-refractivity contribution in [2.45, 2.75) is 0 Å². The minimum Gasteiger partial charge on any atom is -0.355 e. The highest BCUT2D eigenvalue weighted by atomic mass is 15.1. The van der Waals surface area contributed by atoms with E-state index in [1.54, 1.807) is 24.3 Å². The summed E-state index contributed by atoms with van der Waals surface area (Å²) in [4.78, 5) is 7.61. The van der Waals surface area contributed by atoms with Crippen LogP contribution in [0.15, 0.2) is 133 Å². The van der Waals surface area contributed by atoms with Gasteiger partial charge in [-0.25, -0.2) is 0 Å². The molecule has 0 aliphatic heterocycles. The Bertz CT molecular complexity index is 2210. The molecule has 0 aliphatic carbocycles. The number of H-pyrrole nitrogens is 1. The molecule has 0 aliphatic rings. The summed E-state index contributed by atoms with van der Waals surface area (Å²) < 4.78 is 0. The first kappa shape index (κ1) is 28.5. The lowest BCUT2D eigenvalue weighted by molar-refractivity contribution is 1.28. The smallest absolute Gasteiger partial charge is 0.0992 e. The van der Waals surface area contributed by atoms with Crippen molar-refractivity contribution < 1.29 is 0 Å². The van der Waals surface area contributed by atoms with E-state index in [1.165, 1.54) is 0 Å². The lowest BCUT2D eigenvalue weighted by Crippen LogP contribution is -2.10. The van der Waals surface area contributed by atoms with Gasteiger partial charge in [-0.2, -0.15) is 21.0 Å². The molecule has 1 heterocycles. The van der Waals surface area contributed by atoms with Crippen LogP contribution in [0.4, 0.5) is 34.1 Å². The highest BCUT2D eigenvalue weighted by Gasteiger charge is 2.18. The van der Waals surface area contributed by atoms with Crippen LogP contribution >= 0.6 is 0 Å². The number of hydrogen-bond acceptors (Lipinski definition) is 6. The molecule has 0 unspecified atom stereocenters. The second-order valence-corrected chi connectivity index (χ2v) is 10.9. The maximum absolute atomic E-state index is 9.64. The highest BCUT2D eigenvalue weighted by Crippen LogP contribution is 2.41. The predicted octanol–water partition coefficient (Wildman–Crippen LogP) is 9.75. The monoisotopic (exact) mass is 601 g/mol. The van der Waals surface area contributed by atoms with Crippen molar-refractivity contribution >= 4 is 55.9 Å². The van der Waals surface area contributed by atoms with Gasteiger partial charge in [0.05, 0.1) is 46.5 Å². The summed E-state index contributed by atoms with van der Waals surface area (Å²) in [6.07, 6.45) is 0. The zero-order valence-corrected chi connectivity index (χ0v) is 24.9. The molecule has 1 aromatic heterocycles. The molecule has 0 spiro atoms. The predicted molar refractivity (Wildman–Crippen MR) is 184 cm³/mol. The van der Waals surface area contributed by atoms with Gasteiger partial charge >= 0.3 is 0 Å². The summed E-state index contributed by atoms with van der Waals surface area (Å²) in [5.41, 5.74) is 8.89. The second-order valence-electron chi connectivity index (χ2n) is 10.9. The van der Waals surface area contributed by atoms with Crippen molar-refractivity contribution in [3.8, 4) is 24.3 Å². The molecule has 7 nitrogen and oxygen atoms in total. The molecule has 0 saturated heterocycles. The normalized spacial score (nSPS) is 10.5. The molecule has 7 rings (SSSR count). The van der Waals surface area contributed by atoms with Crippen molar-refractivity contribution in [2.24, 2.45) is 0 Å². The molecule has 1 N–H and O–H groups in total. The SMILES string of the molecule is N#Cc1cccc(N(c2cccc(C#N)c2)c2ccc3[nH]c4ccc(N(c5cccc(C#N)c5)c5cccc(C#N)c5)cc4c3c2)c1. The molecule has 0 radical (unpaired) electrons. The van der Waals surface area contributed by atoms with Gasteiger partial charge in [-0.15, -0.1) is 0 Å². The Hall–Kier alpha value is -7.32. The number of fused-ring (bicyclic) bond motifs is 3. The van der Waals surface area contributed by atoms with E-state index in [0.29, 0.717) is 22.3 Å². The van der Waals surface area contributed by atoms with Crippen molar-refractivity contribution in [1.29, 1.82) is 21.0 Å². The van der Waals surface area contributed by atoms with Crippen molar-refractivity contribution in [1.82, 2.24) is 4.98 Å². The molecule has 0 bridgehead atoms. The number of anilines is 6. The van der Waals surface area contributed by atoms with Gasteiger partial charge in [0.25, 0.3) is 0 Å². The Morgan fingerprint density at radius 2 is 0.660 bits per heavy atom. The minimum atomic E-state index is 0.530. The maximum atomic E-state index is 9.64. The average molecular weight is 602 g/mol. The number of aromatic amines is 1. The Morgan fingerprint density at radius 3 is 0.957 bits per heavy atom. The van der Waals surface area contributed by atoms with E-state index in [9.17, 15) is 21.0 Å². The quantitative estimate of drug-likeness (QED) is 0.203. The molecule has 7 heteroatoms. The van der Waals surface area contributed by atoms with E-state index in [4.69, 9.17) is 0 Å². The second kappa shape index (κ2) is 12.0. The van der Waals surface area contributed by atoms with Crippen LogP contribution < -0.4 is 9.80 Å². The fourth-order valence-corrected chi connectivity index (χ4v) is 5.90. The summed E-state index contributed by atoms with van der Waals surface area (Å²) in [6, 6.07) is 50.8. The summed E-state index contributed by atoms with van der Waals surface area (Å²) in [5, 5.41) is 40.5. The van der Waals surface area contributed by atoms with E-state index in [-0.39, 0.29) is 0 Å². The first-order chi connectivity index (χ1) is 23.1. The standard InChI is InChI=1S/C40H23N7/c41-23-27-5-1-9-31(17-27)46(32-10-2-6-28(18-32)24-42)35-13-15-39-37(21-35)38-22-36(14-16-40(38)45-39)47(33-11-3-7-29(19-33)25-43)34-12-4-8-30(20-34)26-44/h1-22,45H. The van der Waals surface area contributed by atoms with E-state index < -0.39 is 0 Å². The number of aromatic nitrogens is 1. The van der Waals surface area contributed by atoms with E-state index in [2.05, 4.69) is 41.4 Å². The average Bonchev–Trinajstić information content (AvgIpc) is 3.49. The molecule has 0 atom stereocenters. The molecule has 0 saturated carbocycles. The third-order valence-corrected chi connectivity index (χ3v) is 8.02. The van der Waals surface area contributed by atoms with Crippen LogP contribution in [0, 0.1) is 45.3 Å². The van der Waals surface area contributed by atoms with E-state index in [1.807, 2.05) is 107 Å². The number of nitriles is 4. The number of rotatable bonds is 6. The molecule has 47 heavy (non-hydrogen) atoms. The number of nitrogens with zero attached hydrogens (tertiary/aromatic N) is 6. The minimum absolute atomic E-state index is 0.530. The van der Waals surface area contributed by atoms with Crippen molar-refractivity contribution in [2.75, 3.05) is 9.80 Å². The third-order valence-electron chi connectivity index (χ3n) is 8.02. The Labute approximate surface area is 271 Å². The zero-order valence-electron chi connectivity index (χ0n) is 24.9. The summed E-state index contributed by atoms with van der Waals surface area (Å²) in [7, 11) is 0. The van der Waals surface area contributed by atoms with Gasteiger partial charge in [-0.3, -0.25) is 0 Å². The molecule has 218 valence electrons. The largest absolute Gasteiger partial charge is 0.355 e. The van der Waals surface area contributed by atoms with Crippen LogP contribution in [0.2, 0.25) is 0 Å². The van der Waals surface area contributed by atoms with Gasteiger partial charge in [0, 0.05) is 55.9 Å². The first-order valence-corrected chi connectivity index (χ1v) is 14.7. The zero-order chi connectivity index (χ0) is 32.3. The first-order valence-electron chi connectivity index (χ1n) is 14.7. The summed E-state index contributed by atoms with van der Waals surface area (Å²) >= 11 is 0. The van der Waals surface area contributed by atoms with E-state index >= 15 is 0 Å². The van der Waals surface area contributed by atoms with Gasteiger partial charge in [-0.05, 0) is 109 Å².